The van der Waals surface area contributed by atoms with E-state index in [2.05, 4.69) is 10.9 Å². The minimum absolute atomic E-state index is 0.214. The topological polar surface area (TPSA) is 58.2 Å². The first-order chi connectivity index (χ1) is 12.1. The summed E-state index contributed by atoms with van der Waals surface area (Å²) < 4.78 is 0. The van der Waals surface area contributed by atoms with Gasteiger partial charge in [0.1, 0.15) is 0 Å². The number of aryl methyl sites for hydroxylation is 1. The Morgan fingerprint density at radius 2 is 1.40 bits per heavy atom. The third kappa shape index (κ3) is 4.44. The monoisotopic (exact) mass is 332 g/mol. The smallest absolute Gasteiger partial charge is 0.242 e. The van der Waals surface area contributed by atoms with E-state index in [4.69, 9.17) is 0 Å². The molecule has 3 aromatic rings. The summed E-state index contributed by atoms with van der Waals surface area (Å²) in [6.45, 7) is 2.00. The minimum atomic E-state index is -0.242. The number of rotatable bonds is 4. The number of benzene rings is 3. The number of carbonyl (C=O) groups is 2. The van der Waals surface area contributed by atoms with Gasteiger partial charge in [-0.05, 0) is 28.8 Å². The van der Waals surface area contributed by atoms with E-state index in [-0.39, 0.29) is 24.7 Å². The Bertz CT molecular complexity index is 896. The maximum absolute atomic E-state index is 12.1. The van der Waals surface area contributed by atoms with Crippen molar-refractivity contribution in [2.45, 2.75) is 19.8 Å². The average Bonchev–Trinajstić information content (AvgIpc) is 2.62. The lowest BCUT2D eigenvalue weighted by Crippen LogP contribution is -2.43. The van der Waals surface area contributed by atoms with Gasteiger partial charge in [0.05, 0.1) is 12.8 Å². The first-order valence-corrected chi connectivity index (χ1v) is 8.22. The molecule has 4 heteroatoms. The van der Waals surface area contributed by atoms with Gasteiger partial charge < -0.3 is 0 Å². The summed E-state index contributed by atoms with van der Waals surface area (Å²) >= 11 is 0. The molecule has 126 valence electrons. The van der Waals surface area contributed by atoms with E-state index in [1.807, 2.05) is 73.7 Å². The Labute approximate surface area is 146 Å². The van der Waals surface area contributed by atoms with Gasteiger partial charge >= 0.3 is 0 Å². The highest BCUT2D eigenvalue weighted by Gasteiger charge is 2.08. The molecule has 0 aromatic heterocycles. The van der Waals surface area contributed by atoms with Crippen LogP contribution in [0.1, 0.15) is 16.7 Å². The highest BCUT2D eigenvalue weighted by Crippen LogP contribution is 2.18. The molecule has 0 saturated carbocycles. The molecule has 0 radical (unpaired) electrons. The fourth-order valence-electron chi connectivity index (χ4n) is 2.74. The molecule has 25 heavy (non-hydrogen) atoms. The Morgan fingerprint density at radius 1 is 0.760 bits per heavy atom. The number of hydrogen-bond donors (Lipinski definition) is 2. The van der Waals surface area contributed by atoms with Crippen molar-refractivity contribution >= 4 is 22.6 Å². The largest absolute Gasteiger partial charge is 0.273 e. The summed E-state index contributed by atoms with van der Waals surface area (Å²) in [6, 6.07) is 21.5. The number of hydrogen-bond acceptors (Lipinski definition) is 2. The molecule has 0 aliphatic heterocycles. The zero-order valence-electron chi connectivity index (χ0n) is 14.1. The first kappa shape index (κ1) is 16.7. The second-order valence-electron chi connectivity index (χ2n) is 6.07. The van der Waals surface area contributed by atoms with E-state index >= 15 is 0 Å². The van der Waals surface area contributed by atoms with Gasteiger partial charge in [0.2, 0.25) is 11.8 Å². The molecule has 0 fully saturated rings. The lowest BCUT2D eigenvalue weighted by Gasteiger charge is -2.09. The van der Waals surface area contributed by atoms with E-state index in [1.54, 1.807) is 0 Å². The van der Waals surface area contributed by atoms with Gasteiger partial charge in [-0.3, -0.25) is 20.4 Å². The summed E-state index contributed by atoms with van der Waals surface area (Å²) in [5.41, 5.74) is 7.95. The van der Waals surface area contributed by atoms with Gasteiger partial charge in [0, 0.05) is 0 Å². The van der Waals surface area contributed by atoms with Crippen molar-refractivity contribution in [2.24, 2.45) is 0 Å². The number of amides is 2. The molecule has 0 aliphatic carbocycles. The van der Waals surface area contributed by atoms with E-state index in [9.17, 15) is 9.59 Å². The second-order valence-corrected chi connectivity index (χ2v) is 6.07. The van der Waals surface area contributed by atoms with E-state index in [1.165, 1.54) is 0 Å². The molecule has 0 atom stereocenters. The zero-order valence-corrected chi connectivity index (χ0v) is 14.1. The normalized spacial score (nSPS) is 10.4. The van der Waals surface area contributed by atoms with Crippen molar-refractivity contribution in [2.75, 3.05) is 0 Å². The lowest BCUT2D eigenvalue weighted by molar-refractivity contribution is -0.128. The van der Waals surface area contributed by atoms with Crippen LogP contribution in [-0.4, -0.2) is 11.8 Å². The molecular weight excluding hydrogens is 312 g/mol. The maximum Gasteiger partial charge on any atom is 0.242 e. The highest BCUT2D eigenvalue weighted by atomic mass is 16.2. The average molecular weight is 332 g/mol. The van der Waals surface area contributed by atoms with Crippen LogP contribution in [0.4, 0.5) is 0 Å². The van der Waals surface area contributed by atoms with Crippen LogP contribution >= 0.6 is 0 Å². The number of hydrazine groups is 1. The SMILES string of the molecule is Cc1ccc(CC(=O)NNC(=O)Cc2cccc3ccccc23)cc1. The van der Waals surface area contributed by atoms with Gasteiger partial charge in [-0.15, -0.1) is 0 Å². The van der Waals surface area contributed by atoms with Crippen molar-refractivity contribution in [3.8, 4) is 0 Å². The summed E-state index contributed by atoms with van der Waals surface area (Å²) in [6.07, 6.45) is 0.445. The fourth-order valence-corrected chi connectivity index (χ4v) is 2.74. The Morgan fingerprint density at radius 3 is 2.16 bits per heavy atom. The molecule has 2 amide bonds. The number of fused-ring (bicyclic) bond motifs is 1. The molecule has 3 aromatic carbocycles. The second kappa shape index (κ2) is 7.62. The predicted octanol–water partition coefficient (Wildman–Crippen LogP) is 3.08. The van der Waals surface area contributed by atoms with Crippen molar-refractivity contribution in [3.05, 3.63) is 83.4 Å². The van der Waals surface area contributed by atoms with Crippen molar-refractivity contribution in [1.29, 1.82) is 0 Å². The number of carbonyl (C=O) groups excluding carboxylic acids is 2. The molecule has 0 aliphatic rings. The third-order valence-corrected chi connectivity index (χ3v) is 4.06. The summed E-state index contributed by atoms with van der Waals surface area (Å²) in [4.78, 5) is 24.1. The summed E-state index contributed by atoms with van der Waals surface area (Å²) in [5.74, 6) is -0.483. The molecule has 0 saturated heterocycles. The Balaban J connectivity index is 1.55. The Kier molecular flexibility index (Phi) is 5.09. The highest BCUT2D eigenvalue weighted by molar-refractivity contribution is 5.91. The quantitative estimate of drug-likeness (QED) is 0.721. The fraction of sp³-hybridized carbons (Fsp3) is 0.143. The molecule has 0 bridgehead atoms. The molecule has 0 unspecified atom stereocenters. The van der Waals surface area contributed by atoms with Gasteiger partial charge in [-0.25, -0.2) is 0 Å². The Hall–Kier alpha value is -3.14. The van der Waals surface area contributed by atoms with Crippen LogP contribution in [0.25, 0.3) is 10.8 Å². The van der Waals surface area contributed by atoms with E-state index in [0.717, 1.165) is 27.5 Å². The van der Waals surface area contributed by atoms with Crippen molar-refractivity contribution in [3.63, 3.8) is 0 Å². The minimum Gasteiger partial charge on any atom is -0.273 e. The van der Waals surface area contributed by atoms with Crippen molar-refractivity contribution < 1.29 is 9.59 Å². The number of nitrogens with one attached hydrogen (secondary N) is 2. The van der Waals surface area contributed by atoms with Gasteiger partial charge in [0.15, 0.2) is 0 Å². The van der Waals surface area contributed by atoms with Crippen LogP contribution in [0.3, 0.4) is 0 Å². The molecule has 0 spiro atoms. The molecule has 4 nitrogen and oxygen atoms in total. The van der Waals surface area contributed by atoms with Crippen molar-refractivity contribution in [1.82, 2.24) is 10.9 Å². The maximum atomic E-state index is 12.1. The first-order valence-electron chi connectivity index (χ1n) is 8.22. The van der Waals surface area contributed by atoms with Crippen LogP contribution in [0.15, 0.2) is 66.7 Å². The summed E-state index contributed by atoms with van der Waals surface area (Å²) in [5, 5.41) is 2.14. The van der Waals surface area contributed by atoms with Gasteiger partial charge in [-0.2, -0.15) is 0 Å². The zero-order chi connectivity index (χ0) is 17.6. The molecular formula is C21H20N2O2. The van der Waals surface area contributed by atoms with E-state index in [0.29, 0.717) is 0 Å². The van der Waals surface area contributed by atoms with Crippen LogP contribution in [-0.2, 0) is 22.4 Å². The van der Waals surface area contributed by atoms with E-state index < -0.39 is 0 Å². The van der Waals surface area contributed by atoms with Gasteiger partial charge in [-0.1, -0.05) is 72.3 Å². The summed E-state index contributed by atoms with van der Waals surface area (Å²) in [7, 11) is 0. The molecule has 3 rings (SSSR count). The third-order valence-electron chi connectivity index (χ3n) is 4.06. The van der Waals surface area contributed by atoms with Gasteiger partial charge in [0.25, 0.3) is 0 Å². The van der Waals surface area contributed by atoms with Crippen LogP contribution in [0.5, 0.6) is 0 Å². The molecule has 2 N–H and O–H groups in total. The van der Waals surface area contributed by atoms with Crippen LogP contribution in [0.2, 0.25) is 0 Å². The standard InChI is InChI=1S/C21H20N2O2/c1-15-9-11-16(12-10-15)13-20(24)22-23-21(25)14-18-7-4-6-17-5-2-3-8-19(17)18/h2-12H,13-14H2,1H3,(H,22,24)(H,23,25). The van der Waals surface area contributed by atoms with Crippen LogP contribution < -0.4 is 10.9 Å². The predicted molar refractivity (Wildman–Crippen MR) is 98.8 cm³/mol. The molecule has 0 heterocycles. The van der Waals surface area contributed by atoms with Crippen LogP contribution in [0, 0.1) is 6.92 Å². The lowest BCUT2D eigenvalue weighted by atomic mass is 10.0.